The number of phenols is 1. The topological polar surface area (TPSA) is 181 Å². The van der Waals surface area contributed by atoms with Crippen molar-refractivity contribution in [1.29, 1.82) is 0 Å². The maximum Gasteiger partial charge on any atom is 0.271 e. The molecule has 4 amide bonds. The number of hydrogen-bond donors (Lipinski definition) is 1. The van der Waals surface area contributed by atoms with Crippen LogP contribution in [0.15, 0.2) is 78.4 Å². The summed E-state index contributed by atoms with van der Waals surface area (Å²) in [5, 5.41) is 32.7. The van der Waals surface area contributed by atoms with Gasteiger partial charge in [-0.3, -0.25) is 39.4 Å². The Kier molecular flexibility index (Phi) is 6.54. The second-order valence-corrected chi connectivity index (χ2v) is 11.8. The molecule has 7 rings (SSSR count). The third-order valence-corrected chi connectivity index (χ3v) is 9.58. The maximum absolute atomic E-state index is 14.7. The van der Waals surface area contributed by atoms with Crippen molar-refractivity contribution in [2.75, 3.05) is 9.80 Å². The van der Waals surface area contributed by atoms with Gasteiger partial charge in [-0.25, -0.2) is 14.2 Å². The molecule has 1 saturated carbocycles. The molecule has 3 fully saturated rings. The maximum atomic E-state index is 14.7. The van der Waals surface area contributed by atoms with Crippen molar-refractivity contribution in [2.24, 2.45) is 29.6 Å². The Balaban J connectivity index is 1.33. The van der Waals surface area contributed by atoms with Crippen LogP contribution < -0.4 is 9.80 Å². The lowest BCUT2D eigenvalue weighted by Crippen LogP contribution is -2.43. The summed E-state index contributed by atoms with van der Waals surface area (Å²) in [7, 11) is 0. The van der Waals surface area contributed by atoms with Crippen molar-refractivity contribution in [3.05, 3.63) is 110 Å². The molecule has 13 nitrogen and oxygen atoms in total. The van der Waals surface area contributed by atoms with E-state index in [1.165, 1.54) is 42.5 Å². The van der Waals surface area contributed by atoms with E-state index in [1.54, 1.807) is 6.08 Å². The van der Waals surface area contributed by atoms with Gasteiger partial charge in [-0.05, 0) is 48.6 Å². The lowest BCUT2D eigenvalue weighted by molar-refractivity contribution is -0.385. The van der Waals surface area contributed by atoms with Gasteiger partial charge in [0.2, 0.25) is 23.6 Å². The number of allylic oxidation sites excluding steroid dienone is 2. The SMILES string of the molecule is O=C1C2CC=C3C(CC4C(=O)N(c5cccc([N+](=O)[O-])c5)C(=O)C4C3c3ccc(O)c(F)c3)C2C(=O)N1c1cccc([N+](=O)[O-])c1. The molecule has 4 aliphatic rings. The highest BCUT2D eigenvalue weighted by Crippen LogP contribution is 2.58. The van der Waals surface area contributed by atoms with Gasteiger partial charge < -0.3 is 5.11 Å². The smallest absolute Gasteiger partial charge is 0.271 e. The van der Waals surface area contributed by atoms with Crippen LogP contribution in [0.25, 0.3) is 0 Å². The van der Waals surface area contributed by atoms with Gasteiger partial charge in [-0.1, -0.05) is 29.8 Å². The lowest BCUT2D eigenvalue weighted by atomic mass is 9.57. The fourth-order valence-electron chi connectivity index (χ4n) is 7.68. The number of phenolic OH excluding ortho intramolecular Hbond substituents is 1. The predicted molar refractivity (Wildman–Crippen MR) is 157 cm³/mol. The number of amides is 4. The molecule has 2 heterocycles. The average molecular weight is 627 g/mol. The van der Waals surface area contributed by atoms with E-state index < -0.39 is 80.5 Å². The number of rotatable bonds is 5. The molecular weight excluding hydrogens is 603 g/mol. The predicted octanol–water partition coefficient (Wildman–Crippen LogP) is 4.39. The Labute approximate surface area is 258 Å². The Morgan fingerprint density at radius 3 is 1.85 bits per heavy atom. The second kappa shape index (κ2) is 10.4. The fraction of sp³-hybridized carbons (Fsp3) is 0.250. The molecule has 14 heteroatoms. The number of nitrogens with zero attached hydrogens (tertiary/aromatic N) is 4. The van der Waals surface area contributed by atoms with Crippen LogP contribution in [0.3, 0.4) is 0 Å². The molecule has 2 saturated heterocycles. The molecule has 6 atom stereocenters. The number of fused-ring (bicyclic) bond motifs is 4. The Hall–Kier alpha value is -5.79. The van der Waals surface area contributed by atoms with Crippen molar-refractivity contribution in [3.63, 3.8) is 0 Å². The fourth-order valence-corrected chi connectivity index (χ4v) is 7.68. The number of halogens is 1. The third kappa shape index (κ3) is 4.20. The van der Waals surface area contributed by atoms with Gasteiger partial charge in [-0.2, -0.15) is 0 Å². The first-order valence-corrected chi connectivity index (χ1v) is 14.4. The van der Waals surface area contributed by atoms with Gasteiger partial charge in [0.25, 0.3) is 11.4 Å². The quantitative estimate of drug-likeness (QED) is 0.186. The van der Waals surface area contributed by atoms with Crippen LogP contribution >= 0.6 is 0 Å². The van der Waals surface area contributed by atoms with Crippen LogP contribution in [0.5, 0.6) is 5.75 Å². The minimum Gasteiger partial charge on any atom is -0.505 e. The van der Waals surface area contributed by atoms with Crippen LogP contribution in [-0.2, 0) is 19.2 Å². The van der Waals surface area contributed by atoms with Crippen LogP contribution in [-0.4, -0.2) is 38.6 Å². The normalized spacial score (nSPS) is 26.8. The van der Waals surface area contributed by atoms with Crippen molar-refractivity contribution < 1.29 is 38.5 Å². The summed E-state index contributed by atoms with van der Waals surface area (Å²) in [6, 6.07) is 13.9. The molecule has 0 radical (unpaired) electrons. The summed E-state index contributed by atoms with van der Waals surface area (Å²) in [6.45, 7) is 0. The number of aromatic hydroxyl groups is 1. The van der Waals surface area contributed by atoms with Crippen molar-refractivity contribution in [2.45, 2.75) is 18.8 Å². The molecule has 232 valence electrons. The number of benzene rings is 3. The molecule has 1 N–H and O–H groups in total. The summed E-state index contributed by atoms with van der Waals surface area (Å²) in [5.74, 6) is -9.57. The molecule has 6 unspecified atom stereocenters. The summed E-state index contributed by atoms with van der Waals surface area (Å²) >= 11 is 0. The van der Waals surface area contributed by atoms with E-state index in [2.05, 4.69) is 0 Å². The highest BCUT2D eigenvalue weighted by atomic mass is 19.1. The number of carbonyl (C=O) groups is 4. The summed E-state index contributed by atoms with van der Waals surface area (Å²) in [6.07, 6.45) is 1.83. The van der Waals surface area contributed by atoms with Crippen molar-refractivity contribution in [3.8, 4) is 5.75 Å². The molecular formula is C32H23FN4O9. The number of non-ortho nitro benzene ring substituents is 2. The zero-order valence-corrected chi connectivity index (χ0v) is 23.7. The lowest BCUT2D eigenvalue weighted by Gasteiger charge is -2.44. The summed E-state index contributed by atoms with van der Waals surface area (Å²) in [4.78, 5) is 79.2. The molecule has 0 aromatic heterocycles. The van der Waals surface area contributed by atoms with E-state index in [9.17, 15) is 48.9 Å². The average Bonchev–Trinajstić information content (AvgIpc) is 3.45. The molecule has 0 spiro atoms. The van der Waals surface area contributed by atoms with Gasteiger partial charge >= 0.3 is 0 Å². The van der Waals surface area contributed by atoms with Crippen molar-refractivity contribution >= 4 is 46.4 Å². The Morgan fingerprint density at radius 2 is 1.28 bits per heavy atom. The Bertz CT molecular complexity index is 1940. The first-order chi connectivity index (χ1) is 22.0. The number of hydrogen-bond acceptors (Lipinski definition) is 9. The minimum absolute atomic E-state index is 0.00645. The van der Waals surface area contributed by atoms with Gasteiger partial charge in [0, 0.05) is 30.2 Å². The standard InChI is InChI=1S/C32H23FN4O9/c33-24-11-15(7-10-25(24)38)26-20-8-9-21-27(31(41)34(29(21)39)16-3-1-5-18(12-16)36(43)44)22(20)14-23-28(26)32(42)35(30(23)40)17-4-2-6-19(13-17)37(45)46/h1-8,10-13,21-23,26-28,38H,9,14H2. The molecule has 2 aliphatic carbocycles. The Morgan fingerprint density at radius 1 is 0.717 bits per heavy atom. The highest BCUT2D eigenvalue weighted by molar-refractivity contribution is 6.24. The van der Waals surface area contributed by atoms with E-state index in [-0.39, 0.29) is 41.2 Å². The zero-order valence-electron chi connectivity index (χ0n) is 23.7. The van der Waals surface area contributed by atoms with Crippen LogP contribution in [0, 0.1) is 55.6 Å². The van der Waals surface area contributed by atoms with Gasteiger partial charge in [-0.15, -0.1) is 0 Å². The van der Waals surface area contributed by atoms with Gasteiger partial charge in [0.05, 0.1) is 44.9 Å². The van der Waals surface area contributed by atoms with E-state index in [0.29, 0.717) is 5.57 Å². The van der Waals surface area contributed by atoms with Crippen LogP contribution in [0.4, 0.5) is 27.1 Å². The van der Waals surface area contributed by atoms with Gasteiger partial charge in [0.15, 0.2) is 11.6 Å². The second-order valence-electron chi connectivity index (χ2n) is 11.8. The zero-order chi connectivity index (χ0) is 32.6. The molecule has 46 heavy (non-hydrogen) atoms. The largest absolute Gasteiger partial charge is 0.505 e. The number of nitro groups is 2. The number of imide groups is 2. The minimum atomic E-state index is -1.06. The highest BCUT2D eigenvalue weighted by Gasteiger charge is 2.62. The van der Waals surface area contributed by atoms with Gasteiger partial charge in [0.1, 0.15) is 0 Å². The first-order valence-electron chi connectivity index (χ1n) is 14.4. The first kappa shape index (κ1) is 29.0. The molecule has 0 bridgehead atoms. The number of anilines is 2. The van der Waals surface area contributed by atoms with Crippen LogP contribution in [0.1, 0.15) is 24.3 Å². The van der Waals surface area contributed by atoms with Crippen molar-refractivity contribution in [1.82, 2.24) is 0 Å². The van der Waals surface area contributed by atoms with Crippen LogP contribution in [0.2, 0.25) is 0 Å². The molecule has 3 aromatic carbocycles. The van der Waals surface area contributed by atoms with E-state index >= 15 is 0 Å². The summed E-state index contributed by atoms with van der Waals surface area (Å²) < 4.78 is 14.7. The van der Waals surface area contributed by atoms with E-state index in [1.807, 2.05) is 0 Å². The van der Waals surface area contributed by atoms with E-state index in [4.69, 9.17) is 0 Å². The summed E-state index contributed by atoms with van der Waals surface area (Å²) in [5.41, 5.74) is 0.229. The number of nitro benzene ring substituents is 2. The third-order valence-electron chi connectivity index (χ3n) is 9.58. The molecule has 2 aliphatic heterocycles. The number of carbonyl (C=O) groups excluding carboxylic acids is 4. The van der Waals surface area contributed by atoms with E-state index in [0.717, 1.165) is 34.1 Å². The molecule has 3 aromatic rings. The monoisotopic (exact) mass is 626 g/mol.